The maximum absolute atomic E-state index is 11.6. The molecule has 0 spiro atoms. The first kappa shape index (κ1) is 21.9. The fourth-order valence-corrected chi connectivity index (χ4v) is 3.45. The number of hydrogen-bond donors (Lipinski definition) is 0. The Morgan fingerprint density at radius 2 is 2.20 bits per heavy atom. The van der Waals surface area contributed by atoms with Crippen LogP contribution in [0.4, 0.5) is 0 Å². The number of esters is 1. The number of benzene rings is 1. The maximum atomic E-state index is 11.6. The summed E-state index contributed by atoms with van der Waals surface area (Å²) in [6.45, 7) is 3.34. The van der Waals surface area contributed by atoms with Crippen LogP contribution in [0, 0.1) is 0 Å². The van der Waals surface area contributed by atoms with E-state index in [4.69, 9.17) is 23.7 Å². The summed E-state index contributed by atoms with van der Waals surface area (Å²) in [5.41, 5.74) is 3.24. The van der Waals surface area contributed by atoms with E-state index in [0.29, 0.717) is 50.6 Å². The third-order valence-electron chi connectivity index (χ3n) is 4.76. The second-order valence-electron chi connectivity index (χ2n) is 6.96. The Morgan fingerprint density at radius 1 is 1.30 bits per heavy atom. The molecule has 1 aromatic carbocycles. The third-order valence-corrected chi connectivity index (χ3v) is 4.76. The molecule has 0 N–H and O–H groups in total. The van der Waals surface area contributed by atoms with Crippen LogP contribution >= 0.6 is 0 Å². The summed E-state index contributed by atoms with van der Waals surface area (Å²) in [7, 11) is 1.59. The lowest BCUT2D eigenvalue weighted by Gasteiger charge is -2.25. The monoisotopic (exact) mass is 415 g/mol. The van der Waals surface area contributed by atoms with E-state index in [1.54, 1.807) is 20.2 Å². The number of fused-ring (bicyclic) bond motifs is 1. The van der Waals surface area contributed by atoms with E-state index in [2.05, 4.69) is 4.98 Å². The molecule has 1 aliphatic heterocycles. The molecule has 0 aliphatic carbocycles. The largest absolute Gasteiger partial charge is 0.493 e. The summed E-state index contributed by atoms with van der Waals surface area (Å²) in [5.74, 6) is 1.85. The number of ether oxygens (including phenoxy) is 5. The van der Waals surface area contributed by atoms with Gasteiger partial charge in [-0.1, -0.05) is 6.07 Å². The minimum atomic E-state index is -0.219. The van der Waals surface area contributed by atoms with E-state index < -0.39 is 0 Å². The molecule has 0 saturated carbocycles. The minimum absolute atomic E-state index is 0.110. The average molecular weight is 415 g/mol. The van der Waals surface area contributed by atoms with Crippen LogP contribution in [0.15, 0.2) is 30.6 Å². The van der Waals surface area contributed by atoms with Crippen LogP contribution in [0.3, 0.4) is 0 Å². The van der Waals surface area contributed by atoms with Crippen LogP contribution in [0.25, 0.3) is 0 Å². The zero-order valence-corrected chi connectivity index (χ0v) is 17.6. The number of methoxy groups -OCH3 is 1. The van der Waals surface area contributed by atoms with Crippen LogP contribution < -0.4 is 14.2 Å². The zero-order chi connectivity index (χ0) is 21.2. The molecule has 7 heteroatoms. The van der Waals surface area contributed by atoms with Crippen molar-refractivity contribution in [1.82, 2.24) is 4.98 Å². The number of hydrogen-bond acceptors (Lipinski definition) is 7. The van der Waals surface area contributed by atoms with Crippen molar-refractivity contribution in [2.45, 2.75) is 39.0 Å². The number of carbonyl (C=O) groups excluding carboxylic acids is 1. The summed E-state index contributed by atoms with van der Waals surface area (Å²) >= 11 is 0. The van der Waals surface area contributed by atoms with E-state index in [-0.39, 0.29) is 12.8 Å². The van der Waals surface area contributed by atoms with Crippen molar-refractivity contribution >= 4 is 5.97 Å². The molecule has 30 heavy (non-hydrogen) atoms. The van der Waals surface area contributed by atoms with Crippen molar-refractivity contribution < 1.29 is 28.5 Å². The Morgan fingerprint density at radius 3 is 2.97 bits per heavy atom. The fourth-order valence-electron chi connectivity index (χ4n) is 3.45. The number of carbonyl (C=O) groups is 1. The van der Waals surface area contributed by atoms with Crippen LogP contribution in [0.2, 0.25) is 0 Å². The van der Waals surface area contributed by atoms with Crippen LogP contribution in [-0.4, -0.2) is 44.7 Å². The van der Waals surface area contributed by atoms with Gasteiger partial charge in [-0.25, -0.2) is 0 Å². The molecule has 1 aromatic heterocycles. The minimum Gasteiger partial charge on any atom is -0.493 e. The molecule has 0 saturated heterocycles. The molecule has 1 aliphatic rings. The van der Waals surface area contributed by atoms with E-state index >= 15 is 0 Å². The van der Waals surface area contributed by atoms with E-state index in [1.807, 2.05) is 24.4 Å². The van der Waals surface area contributed by atoms with Crippen LogP contribution in [0.5, 0.6) is 17.2 Å². The summed E-state index contributed by atoms with van der Waals surface area (Å²) in [6, 6.07) is 5.84. The highest BCUT2D eigenvalue weighted by molar-refractivity contribution is 5.69. The molecule has 0 amide bonds. The predicted octanol–water partition coefficient (Wildman–Crippen LogP) is 3.70. The summed E-state index contributed by atoms with van der Waals surface area (Å²) in [4.78, 5) is 15.8. The normalized spacial score (nSPS) is 12.6. The van der Waals surface area contributed by atoms with E-state index in [1.165, 1.54) is 0 Å². The summed E-state index contributed by atoms with van der Waals surface area (Å²) in [5, 5.41) is 0. The number of pyridine rings is 1. The van der Waals surface area contributed by atoms with Crippen LogP contribution in [0.1, 0.15) is 42.9 Å². The molecule has 0 fully saturated rings. The average Bonchev–Trinajstić information content (AvgIpc) is 2.77. The first-order chi connectivity index (χ1) is 14.7. The van der Waals surface area contributed by atoms with Crippen molar-refractivity contribution in [1.29, 1.82) is 0 Å². The molecule has 3 rings (SSSR count). The van der Waals surface area contributed by atoms with Gasteiger partial charge in [-0.05, 0) is 37.8 Å². The molecule has 0 atom stereocenters. The predicted molar refractivity (Wildman–Crippen MR) is 111 cm³/mol. The van der Waals surface area contributed by atoms with Gasteiger partial charge in [-0.15, -0.1) is 0 Å². The van der Waals surface area contributed by atoms with Gasteiger partial charge in [-0.2, -0.15) is 0 Å². The Kier molecular flexibility index (Phi) is 8.32. The number of nitrogens with zero attached hydrogens (tertiary/aromatic N) is 1. The first-order valence-electron chi connectivity index (χ1n) is 10.3. The number of aromatic nitrogens is 1. The molecule has 0 unspecified atom stereocenters. The van der Waals surface area contributed by atoms with E-state index in [0.717, 1.165) is 35.3 Å². The van der Waals surface area contributed by atoms with Gasteiger partial charge in [0.1, 0.15) is 5.75 Å². The highest BCUT2D eigenvalue weighted by Gasteiger charge is 2.24. The van der Waals surface area contributed by atoms with Crippen LogP contribution in [-0.2, 0) is 27.1 Å². The molecule has 0 radical (unpaired) electrons. The third kappa shape index (κ3) is 5.86. The van der Waals surface area contributed by atoms with Gasteiger partial charge in [0, 0.05) is 49.5 Å². The molecule has 0 bridgehead atoms. The van der Waals surface area contributed by atoms with Crippen molar-refractivity contribution in [2.75, 3.05) is 33.7 Å². The summed E-state index contributed by atoms with van der Waals surface area (Å²) < 4.78 is 28.0. The zero-order valence-electron chi connectivity index (χ0n) is 17.6. The lowest BCUT2D eigenvalue weighted by Crippen LogP contribution is -2.15. The maximum Gasteiger partial charge on any atom is 0.305 e. The molecule has 2 aromatic rings. The van der Waals surface area contributed by atoms with Gasteiger partial charge < -0.3 is 23.7 Å². The Bertz CT molecular complexity index is 824. The quantitative estimate of drug-likeness (QED) is 0.315. The Balaban J connectivity index is 1.86. The highest BCUT2D eigenvalue weighted by atomic mass is 16.7. The smallest absolute Gasteiger partial charge is 0.305 e. The second kappa shape index (κ2) is 11.4. The van der Waals surface area contributed by atoms with Crippen molar-refractivity contribution in [3.63, 3.8) is 0 Å². The molecular weight excluding hydrogens is 386 g/mol. The van der Waals surface area contributed by atoms with E-state index in [9.17, 15) is 4.79 Å². The molecular formula is C23H29NO6. The van der Waals surface area contributed by atoms with Gasteiger partial charge in [0.15, 0.2) is 18.3 Å². The van der Waals surface area contributed by atoms with Gasteiger partial charge >= 0.3 is 5.97 Å². The van der Waals surface area contributed by atoms with Crippen molar-refractivity contribution in [3.8, 4) is 17.2 Å². The Hall–Kier alpha value is -2.80. The fraction of sp³-hybridized carbons (Fsp3) is 0.478. The highest BCUT2D eigenvalue weighted by Crippen LogP contribution is 2.43. The second-order valence-corrected chi connectivity index (χ2v) is 6.96. The van der Waals surface area contributed by atoms with Gasteiger partial charge in [0.2, 0.25) is 0 Å². The van der Waals surface area contributed by atoms with Crippen molar-refractivity contribution in [3.05, 3.63) is 47.3 Å². The Labute approximate surface area is 177 Å². The lowest BCUT2D eigenvalue weighted by molar-refractivity contribution is -0.143. The van der Waals surface area contributed by atoms with Gasteiger partial charge in [-0.3, -0.25) is 9.78 Å². The molecule has 162 valence electrons. The lowest BCUT2D eigenvalue weighted by atomic mass is 9.94. The first-order valence-corrected chi connectivity index (χ1v) is 10.3. The topological polar surface area (TPSA) is 76.1 Å². The summed E-state index contributed by atoms with van der Waals surface area (Å²) in [6.07, 6.45) is 6.99. The molecule has 7 nitrogen and oxygen atoms in total. The van der Waals surface area contributed by atoms with Gasteiger partial charge in [0.25, 0.3) is 0 Å². The SMILES string of the molecule is CCOC(=O)CCCOc1cc2c(c(Cc3cccnc3)c1OCOC)CCCO2. The van der Waals surface area contributed by atoms with Crippen molar-refractivity contribution in [2.24, 2.45) is 0 Å². The standard InChI is InChI=1S/C23H29NO6/c1-3-27-22(25)9-6-12-29-21-14-20-18(8-5-11-28-20)19(23(21)30-16-26-2)13-17-7-4-10-24-15-17/h4,7,10,14-15H,3,5-6,8-9,11-13,16H2,1-2H3. The molecule has 2 heterocycles. The van der Waals surface area contributed by atoms with Gasteiger partial charge in [0.05, 0.1) is 19.8 Å². The number of rotatable bonds is 11.